The Labute approximate surface area is 195 Å². The van der Waals surface area contributed by atoms with Crippen LogP contribution in [0.25, 0.3) is 11.4 Å². The molecule has 0 unspecified atom stereocenters. The molecule has 7 nitrogen and oxygen atoms in total. The van der Waals surface area contributed by atoms with Crippen LogP contribution in [0.2, 0.25) is 0 Å². The second-order valence-corrected chi connectivity index (χ2v) is 8.28. The van der Waals surface area contributed by atoms with Gasteiger partial charge in [-0.15, -0.1) is 10.2 Å². The predicted octanol–water partition coefficient (Wildman–Crippen LogP) is 4.58. The van der Waals surface area contributed by atoms with Crippen LogP contribution in [0.3, 0.4) is 0 Å². The summed E-state index contributed by atoms with van der Waals surface area (Å²) in [7, 11) is 1.62. The third-order valence-corrected chi connectivity index (χ3v) is 6.11. The largest absolute Gasteiger partial charge is 0.508 e. The number of Topliss-reactive ketones (excluding diaryl/α,β-unsaturated/α-hetero) is 1. The van der Waals surface area contributed by atoms with Crippen molar-refractivity contribution in [1.82, 2.24) is 14.8 Å². The van der Waals surface area contributed by atoms with Crippen molar-refractivity contribution in [2.24, 2.45) is 0 Å². The van der Waals surface area contributed by atoms with Crippen LogP contribution in [-0.4, -0.2) is 43.6 Å². The fraction of sp³-hybridized carbons (Fsp3) is 0.160. The summed E-state index contributed by atoms with van der Waals surface area (Å²) in [6, 6.07) is 21.7. The highest BCUT2D eigenvalue weighted by atomic mass is 32.2. The Balaban J connectivity index is 1.58. The van der Waals surface area contributed by atoms with E-state index in [1.807, 2.05) is 47.0 Å². The van der Waals surface area contributed by atoms with Crippen molar-refractivity contribution >= 4 is 17.5 Å². The van der Waals surface area contributed by atoms with Gasteiger partial charge in [-0.3, -0.25) is 4.79 Å². The van der Waals surface area contributed by atoms with Crippen LogP contribution < -0.4 is 4.74 Å². The minimum Gasteiger partial charge on any atom is -0.508 e. The van der Waals surface area contributed by atoms with Gasteiger partial charge < -0.3 is 19.5 Å². The smallest absolute Gasteiger partial charge is 0.191 e. The Morgan fingerprint density at radius 2 is 1.76 bits per heavy atom. The number of ether oxygens (including phenoxy) is 1. The summed E-state index contributed by atoms with van der Waals surface area (Å²) in [5.41, 5.74) is 2.24. The van der Waals surface area contributed by atoms with Crippen molar-refractivity contribution in [2.75, 3.05) is 12.9 Å². The molecule has 0 aliphatic carbocycles. The van der Waals surface area contributed by atoms with Crippen LogP contribution in [0, 0.1) is 0 Å². The Bertz CT molecular complexity index is 1240. The van der Waals surface area contributed by atoms with E-state index in [9.17, 15) is 15.0 Å². The molecular weight excluding hydrogens is 438 g/mol. The number of thioether (sulfide) groups is 1. The van der Waals surface area contributed by atoms with Gasteiger partial charge in [-0.1, -0.05) is 42.1 Å². The molecule has 168 valence electrons. The lowest BCUT2D eigenvalue weighted by Gasteiger charge is -2.11. The summed E-state index contributed by atoms with van der Waals surface area (Å²) >= 11 is 1.26. The summed E-state index contributed by atoms with van der Waals surface area (Å²) in [6.07, 6.45) is 0.780. The highest BCUT2D eigenvalue weighted by Crippen LogP contribution is 2.28. The van der Waals surface area contributed by atoms with E-state index in [0.29, 0.717) is 17.5 Å². The summed E-state index contributed by atoms with van der Waals surface area (Å²) in [4.78, 5) is 12.7. The average molecular weight is 462 g/mol. The molecule has 0 aliphatic heterocycles. The first-order chi connectivity index (χ1) is 16.0. The van der Waals surface area contributed by atoms with Gasteiger partial charge in [0.05, 0.1) is 18.4 Å². The molecule has 0 saturated carbocycles. The quantitative estimate of drug-likeness (QED) is 0.278. The maximum atomic E-state index is 12.7. The van der Waals surface area contributed by atoms with E-state index in [2.05, 4.69) is 22.3 Å². The molecule has 8 heteroatoms. The summed E-state index contributed by atoms with van der Waals surface area (Å²) < 4.78 is 7.25. The second-order valence-electron chi connectivity index (χ2n) is 7.34. The molecule has 0 fully saturated rings. The highest BCUT2D eigenvalue weighted by molar-refractivity contribution is 7.99. The molecule has 0 amide bonds. The number of hydrogen-bond acceptors (Lipinski definition) is 7. The fourth-order valence-corrected chi connectivity index (χ4v) is 4.25. The average Bonchev–Trinajstić information content (AvgIpc) is 3.24. The Morgan fingerprint density at radius 1 is 1.00 bits per heavy atom. The molecule has 1 aromatic heterocycles. The molecule has 0 saturated heterocycles. The Morgan fingerprint density at radius 3 is 2.45 bits per heavy atom. The molecule has 0 atom stereocenters. The van der Waals surface area contributed by atoms with Crippen LogP contribution >= 0.6 is 11.8 Å². The molecule has 0 spiro atoms. The number of phenolic OH excluding ortho intramolecular Hbond substituents is 2. The highest BCUT2D eigenvalue weighted by Gasteiger charge is 2.18. The summed E-state index contributed by atoms with van der Waals surface area (Å²) in [6.45, 7) is 0.638. The number of aromatic hydroxyl groups is 2. The van der Waals surface area contributed by atoms with Gasteiger partial charge in [0.1, 0.15) is 17.2 Å². The van der Waals surface area contributed by atoms with Crippen LogP contribution in [0.4, 0.5) is 0 Å². The van der Waals surface area contributed by atoms with Gasteiger partial charge in [0, 0.05) is 18.2 Å². The second kappa shape index (κ2) is 10.2. The number of phenols is 2. The molecule has 0 bridgehead atoms. The summed E-state index contributed by atoms with van der Waals surface area (Å²) in [5.74, 6) is 0.927. The van der Waals surface area contributed by atoms with Crippen molar-refractivity contribution in [3.8, 4) is 28.6 Å². The molecule has 4 aromatic rings. The van der Waals surface area contributed by atoms with Crippen LogP contribution in [0.15, 0.2) is 78.0 Å². The minimum atomic E-state index is -0.263. The lowest BCUT2D eigenvalue weighted by molar-refractivity contribution is 0.102. The van der Waals surface area contributed by atoms with Gasteiger partial charge in [-0.25, -0.2) is 0 Å². The molecule has 1 heterocycles. The lowest BCUT2D eigenvalue weighted by atomic mass is 10.1. The molecule has 0 aliphatic rings. The van der Waals surface area contributed by atoms with Gasteiger partial charge in [0.2, 0.25) is 0 Å². The van der Waals surface area contributed by atoms with Gasteiger partial charge >= 0.3 is 0 Å². The van der Waals surface area contributed by atoms with Gasteiger partial charge in [0.25, 0.3) is 0 Å². The minimum absolute atomic E-state index is 0.0738. The molecule has 4 rings (SSSR count). The Hall–Kier alpha value is -3.78. The van der Waals surface area contributed by atoms with E-state index in [4.69, 9.17) is 4.74 Å². The third-order valence-electron chi connectivity index (χ3n) is 5.15. The normalized spacial score (nSPS) is 10.8. The molecule has 2 N–H and O–H groups in total. The van der Waals surface area contributed by atoms with E-state index in [1.165, 1.54) is 29.5 Å². The first-order valence-electron chi connectivity index (χ1n) is 10.3. The SMILES string of the molecule is COc1ccc(-c2nnc(SCC(=O)c3ccc(O)cc3O)n2CCc2ccccc2)cc1. The predicted molar refractivity (Wildman–Crippen MR) is 127 cm³/mol. The zero-order valence-corrected chi connectivity index (χ0v) is 18.8. The van der Waals surface area contributed by atoms with Crippen LogP contribution in [0.5, 0.6) is 17.2 Å². The molecule has 3 aromatic carbocycles. The van der Waals surface area contributed by atoms with Crippen LogP contribution in [0.1, 0.15) is 15.9 Å². The number of benzene rings is 3. The fourth-order valence-electron chi connectivity index (χ4n) is 3.40. The van der Waals surface area contributed by atoms with Gasteiger partial charge in [-0.2, -0.15) is 0 Å². The molecular formula is C25H23N3O4S. The Kier molecular flexibility index (Phi) is 6.95. The third kappa shape index (κ3) is 5.35. The van der Waals surface area contributed by atoms with E-state index >= 15 is 0 Å². The van der Waals surface area contributed by atoms with Crippen molar-refractivity contribution in [2.45, 2.75) is 18.1 Å². The first-order valence-corrected chi connectivity index (χ1v) is 11.3. The van der Waals surface area contributed by atoms with Crippen molar-refractivity contribution in [1.29, 1.82) is 0 Å². The maximum Gasteiger partial charge on any atom is 0.191 e. The number of hydrogen-bond donors (Lipinski definition) is 2. The number of carbonyl (C=O) groups is 1. The first kappa shape index (κ1) is 22.4. The number of ketones is 1. The van der Waals surface area contributed by atoms with Gasteiger partial charge in [0.15, 0.2) is 16.8 Å². The summed E-state index contributed by atoms with van der Waals surface area (Å²) in [5, 5.41) is 28.8. The van der Waals surface area contributed by atoms with E-state index in [-0.39, 0.29) is 28.6 Å². The van der Waals surface area contributed by atoms with Crippen molar-refractivity contribution in [3.05, 3.63) is 83.9 Å². The molecule has 0 radical (unpaired) electrons. The zero-order chi connectivity index (χ0) is 23.2. The van der Waals surface area contributed by atoms with E-state index in [1.54, 1.807) is 7.11 Å². The van der Waals surface area contributed by atoms with Crippen LogP contribution in [-0.2, 0) is 13.0 Å². The van der Waals surface area contributed by atoms with Gasteiger partial charge in [-0.05, 0) is 48.4 Å². The number of aromatic nitrogens is 3. The van der Waals surface area contributed by atoms with E-state index in [0.717, 1.165) is 23.8 Å². The van der Waals surface area contributed by atoms with Crippen molar-refractivity contribution < 1.29 is 19.7 Å². The number of aryl methyl sites for hydroxylation is 1. The standard InChI is InChI=1S/C25H23N3O4S/c1-32-20-10-7-18(8-11-20)24-26-27-25(28(24)14-13-17-5-3-2-4-6-17)33-16-23(31)21-12-9-19(29)15-22(21)30/h2-12,15,29-30H,13-14,16H2,1H3. The monoisotopic (exact) mass is 461 g/mol. The number of rotatable bonds is 9. The molecule has 33 heavy (non-hydrogen) atoms. The van der Waals surface area contributed by atoms with E-state index < -0.39 is 0 Å². The maximum absolute atomic E-state index is 12.7. The number of methoxy groups -OCH3 is 1. The zero-order valence-electron chi connectivity index (χ0n) is 18.0. The topological polar surface area (TPSA) is 97.5 Å². The number of nitrogens with zero attached hydrogens (tertiary/aromatic N) is 3. The lowest BCUT2D eigenvalue weighted by Crippen LogP contribution is -2.08. The van der Waals surface area contributed by atoms with Crippen molar-refractivity contribution in [3.63, 3.8) is 0 Å². The number of carbonyl (C=O) groups excluding carboxylic acids is 1.